The number of nitrogens with zero attached hydrogens (tertiary/aromatic N) is 2. The molecule has 1 heterocycles. The van der Waals surface area contributed by atoms with Gasteiger partial charge in [-0.2, -0.15) is 5.10 Å². The van der Waals surface area contributed by atoms with Crippen LogP contribution in [0.2, 0.25) is 10.0 Å². The van der Waals surface area contributed by atoms with Crippen molar-refractivity contribution in [3.63, 3.8) is 0 Å². The number of halogens is 2. The smallest absolute Gasteiger partial charge is 0.251 e. The van der Waals surface area contributed by atoms with Gasteiger partial charge in [-0.1, -0.05) is 41.4 Å². The molecule has 1 atom stereocenters. The Labute approximate surface area is 180 Å². The van der Waals surface area contributed by atoms with Crippen molar-refractivity contribution >= 4 is 29.1 Å². The van der Waals surface area contributed by atoms with Crippen molar-refractivity contribution in [1.82, 2.24) is 15.1 Å². The maximum absolute atomic E-state index is 12.7. The number of aryl methyl sites for hydroxylation is 1. The Morgan fingerprint density at radius 2 is 2.00 bits per heavy atom. The predicted molar refractivity (Wildman–Crippen MR) is 116 cm³/mol. The monoisotopic (exact) mass is 431 g/mol. The molecule has 0 bridgehead atoms. The van der Waals surface area contributed by atoms with Gasteiger partial charge in [-0.25, -0.2) is 0 Å². The van der Waals surface area contributed by atoms with Crippen LogP contribution in [-0.4, -0.2) is 15.7 Å². The number of ether oxygens (including phenoxy) is 1. The Kier molecular flexibility index (Phi) is 6.83. The van der Waals surface area contributed by atoms with E-state index in [-0.39, 0.29) is 18.6 Å². The summed E-state index contributed by atoms with van der Waals surface area (Å²) in [4.78, 5) is 12.7. The van der Waals surface area contributed by atoms with Crippen LogP contribution in [0.3, 0.4) is 0 Å². The minimum atomic E-state index is -0.149. The third-order valence-corrected chi connectivity index (χ3v) is 5.56. The first-order chi connectivity index (χ1) is 13.9. The lowest BCUT2D eigenvalue weighted by Crippen LogP contribution is -2.27. The van der Waals surface area contributed by atoms with Crippen LogP contribution in [0.25, 0.3) is 0 Å². The van der Waals surface area contributed by atoms with Gasteiger partial charge in [0.05, 0.1) is 17.3 Å². The predicted octanol–water partition coefficient (Wildman–Crippen LogP) is 5.59. The molecular weight excluding hydrogens is 409 g/mol. The van der Waals surface area contributed by atoms with Gasteiger partial charge in [0.25, 0.3) is 5.91 Å². The fraction of sp³-hybridized carbons (Fsp3) is 0.273. The SMILES string of the molecule is CCn1ncc(C(C)NC(=O)c2cccc(COc3cccc(Cl)c3Cl)c2)c1C. The second-order valence-electron chi connectivity index (χ2n) is 6.74. The number of rotatable bonds is 7. The average Bonchev–Trinajstić information content (AvgIpc) is 3.10. The number of carbonyl (C=O) groups is 1. The van der Waals surface area contributed by atoms with Crippen LogP contribution in [0.5, 0.6) is 5.75 Å². The molecule has 152 valence electrons. The molecule has 0 fully saturated rings. The fourth-order valence-electron chi connectivity index (χ4n) is 3.12. The fourth-order valence-corrected chi connectivity index (χ4v) is 3.47. The van der Waals surface area contributed by atoms with E-state index in [0.29, 0.717) is 21.4 Å². The topological polar surface area (TPSA) is 56.2 Å². The Balaban J connectivity index is 1.67. The lowest BCUT2D eigenvalue weighted by atomic mass is 10.1. The van der Waals surface area contributed by atoms with Crippen LogP contribution in [-0.2, 0) is 13.2 Å². The molecule has 1 N–H and O–H groups in total. The second kappa shape index (κ2) is 9.33. The molecule has 0 spiro atoms. The summed E-state index contributed by atoms with van der Waals surface area (Å²) < 4.78 is 7.67. The summed E-state index contributed by atoms with van der Waals surface area (Å²) in [5.41, 5.74) is 3.49. The first kappa shape index (κ1) is 21.2. The highest BCUT2D eigenvalue weighted by atomic mass is 35.5. The van der Waals surface area contributed by atoms with Crippen LogP contribution in [0.1, 0.15) is 47.1 Å². The third kappa shape index (κ3) is 4.92. The van der Waals surface area contributed by atoms with Gasteiger partial charge in [-0.15, -0.1) is 0 Å². The molecule has 1 aromatic heterocycles. The first-order valence-electron chi connectivity index (χ1n) is 9.39. The molecule has 1 amide bonds. The quantitative estimate of drug-likeness (QED) is 0.530. The summed E-state index contributed by atoms with van der Waals surface area (Å²) >= 11 is 12.2. The molecule has 0 saturated carbocycles. The van der Waals surface area contributed by atoms with Crippen molar-refractivity contribution in [1.29, 1.82) is 0 Å². The molecule has 5 nitrogen and oxygen atoms in total. The standard InChI is InChI=1S/C22H23Cl2N3O2/c1-4-27-15(3)18(12-25-27)14(2)26-22(28)17-8-5-7-16(11-17)13-29-20-10-6-9-19(23)21(20)24/h5-12,14H,4,13H2,1-3H3,(H,26,28). The molecule has 3 rings (SSSR count). The van der Waals surface area contributed by atoms with E-state index < -0.39 is 0 Å². The van der Waals surface area contributed by atoms with Crippen molar-refractivity contribution in [2.75, 3.05) is 0 Å². The molecule has 1 unspecified atom stereocenters. The van der Waals surface area contributed by atoms with E-state index in [9.17, 15) is 4.79 Å². The van der Waals surface area contributed by atoms with Crippen molar-refractivity contribution in [2.45, 2.75) is 40.0 Å². The van der Waals surface area contributed by atoms with Gasteiger partial charge in [0.1, 0.15) is 17.4 Å². The number of amides is 1. The third-order valence-electron chi connectivity index (χ3n) is 4.75. The van der Waals surface area contributed by atoms with Gasteiger partial charge in [-0.05, 0) is 50.6 Å². The van der Waals surface area contributed by atoms with Crippen LogP contribution in [0.15, 0.2) is 48.7 Å². The van der Waals surface area contributed by atoms with Gasteiger partial charge in [-0.3, -0.25) is 9.48 Å². The van der Waals surface area contributed by atoms with E-state index in [1.807, 2.05) is 49.8 Å². The van der Waals surface area contributed by atoms with Gasteiger partial charge in [0.2, 0.25) is 0 Å². The molecule has 0 aliphatic carbocycles. The summed E-state index contributed by atoms with van der Waals surface area (Å²) in [5.74, 6) is 0.356. The second-order valence-corrected chi connectivity index (χ2v) is 7.52. The number of hydrogen-bond acceptors (Lipinski definition) is 3. The van der Waals surface area contributed by atoms with Gasteiger partial charge in [0.15, 0.2) is 0 Å². The summed E-state index contributed by atoms with van der Waals surface area (Å²) in [7, 11) is 0. The molecule has 0 aliphatic rings. The number of benzene rings is 2. The maximum atomic E-state index is 12.7. The average molecular weight is 432 g/mol. The Morgan fingerprint density at radius 1 is 1.24 bits per heavy atom. The van der Waals surface area contributed by atoms with Gasteiger partial charge >= 0.3 is 0 Å². The minimum absolute atomic E-state index is 0.145. The molecule has 29 heavy (non-hydrogen) atoms. The van der Waals surface area contributed by atoms with Gasteiger partial charge in [0, 0.05) is 23.4 Å². The zero-order valence-electron chi connectivity index (χ0n) is 16.6. The van der Waals surface area contributed by atoms with Crippen LogP contribution >= 0.6 is 23.2 Å². The molecule has 7 heteroatoms. The number of aromatic nitrogens is 2. The molecule has 0 radical (unpaired) electrons. The largest absolute Gasteiger partial charge is 0.487 e. The van der Waals surface area contributed by atoms with Crippen molar-refractivity contribution in [2.24, 2.45) is 0 Å². The number of nitrogens with one attached hydrogen (secondary N) is 1. The van der Waals surface area contributed by atoms with Crippen LogP contribution in [0.4, 0.5) is 0 Å². The van der Waals surface area contributed by atoms with E-state index in [1.54, 1.807) is 24.3 Å². The summed E-state index contributed by atoms with van der Waals surface area (Å²) in [6, 6.07) is 12.4. The van der Waals surface area contributed by atoms with E-state index in [1.165, 1.54) is 0 Å². The number of carbonyl (C=O) groups excluding carboxylic acids is 1. The Bertz CT molecular complexity index is 1020. The highest BCUT2D eigenvalue weighted by Crippen LogP contribution is 2.32. The van der Waals surface area contributed by atoms with Gasteiger partial charge < -0.3 is 10.1 Å². The van der Waals surface area contributed by atoms with Crippen LogP contribution < -0.4 is 10.1 Å². The van der Waals surface area contributed by atoms with E-state index in [2.05, 4.69) is 10.4 Å². The lowest BCUT2D eigenvalue weighted by molar-refractivity contribution is 0.0939. The minimum Gasteiger partial charge on any atom is -0.487 e. The Hall–Kier alpha value is -2.50. The molecule has 2 aromatic carbocycles. The maximum Gasteiger partial charge on any atom is 0.251 e. The molecule has 0 aliphatic heterocycles. The molecule has 0 saturated heterocycles. The van der Waals surface area contributed by atoms with Crippen molar-refractivity contribution < 1.29 is 9.53 Å². The van der Waals surface area contributed by atoms with E-state index >= 15 is 0 Å². The normalized spacial score (nSPS) is 11.9. The summed E-state index contributed by atoms with van der Waals surface area (Å²) in [6.45, 7) is 7.07. The first-order valence-corrected chi connectivity index (χ1v) is 10.1. The molecule has 3 aromatic rings. The highest BCUT2D eigenvalue weighted by molar-refractivity contribution is 6.42. The zero-order chi connectivity index (χ0) is 21.0. The van der Waals surface area contributed by atoms with Crippen LogP contribution in [0, 0.1) is 6.92 Å². The molecular formula is C22H23Cl2N3O2. The zero-order valence-corrected chi connectivity index (χ0v) is 18.1. The highest BCUT2D eigenvalue weighted by Gasteiger charge is 2.16. The number of hydrogen-bond donors (Lipinski definition) is 1. The Morgan fingerprint density at radius 3 is 2.72 bits per heavy atom. The lowest BCUT2D eigenvalue weighted by Gasteiger charge is -2.15. The van der Waals surface area contributed by atoms with E-state index in [0.717, 1.165) is 23.4 Å². The van der Waals surface area contributed by atoms with E-state index in [4.69, 9.17) is 27.9 Å². The van der Waals surface area contributed by atoms with Crippen molar-refractivity contribution in [3.8, 4) is 5.75 Å². The summed E-state index contributed by atoms with van der Waals surface area (Å²) in [6.07, 6.45) is 1.81. The summed E-state index contributed by atoms with van der Waals surface area (Å²) in [5, 5.41) is 8.19. The van der Waals surface area contributed by atoms with Crippen molar-refractivity contribution in [3.05, 3.63) is 81.1 Å².